The summed E-state index contributed by atoms with van der Waals surface area (Å²) in [7, 11) is 1.95. The molecule has 0 saturated heterocycles. The maximum Gasteiger partial charge on any atom is 0.230 e. The Balaban J connectivity index is 0.00000392. The maximum atomic E-state index is 12.9. The monoisotopic (exact) mass is 499 g/mol. The molecule has 0 fully saturated rings. The zero-order valence-electron chi connectivity index (χ0n) is 17.0. The Morgan fingerprint density at radius 3 is 2.14 bits per heavy atom. The van der Waals surface area contributed by atoms with Crippen LogP contribution in [0.25, 0.3) is 0 Å². The van der Waals surface area contributed by atoms with Crippen molar-refractivity contribution in [3.63, 3.8) is 0 Å². The summed E-state index contributed by atoms with van der Waals surface area (Å²) in [5.41, 5.74) is 3.01. The molecule has 0 heterocycles. The summed E-state index contributed by atoms with van der Waals surface area (Å²) in [4.78, 5) is 12.9. The normalized spacial score (nSPS) is 12.2. The number of ether oxygens (including phenoxy) is 1. The van der Waals surface area contributed by atoms with Crippen molar-refractivity contribution in [2.24, 2.45) is 0 Å². The van der Waals surface area contributed by atoms with Gasteiger partial charge >= 0.3 is 0 Å². The van der Waals surface area contributed by atoms with E-state index in [-0.39, 0.29) is 49.2 Å². The average Bonchev–Trinajstić information content (AvgIpc) is 2.65. The molecule has 154 valence electrons. The molecule has 0 amide bonds. The molecular weight excluding hydrogens is 469 g/mol. The van der Waals surface area contributed by atoms with Crippen molar-refractivity contribution in [3.05, 3.63) is 64.7 Å². The second-order valence-corrected chi connectivity index (χ2v) is 7.17. The van der Waals surface area contributed by atoms with Gasteiger partial charge < -0.3 is 38.9 Å². The van der Waals surface area contributed by atoms with Gasteiger partial charge in [-0.1, -0.05) is 42.5 Å². The smallest absolute Gasteiger partial charge is 0.230 e. The van der Waals surface area contributed by atoms with Crippen LogP contribution in [0.4, 0.5) is 0 Å². The van der Waals surface area contributed by atoms with Crippen LogP contribution < -0.4 is 28.7 Å². The average molecular weight is 499 g/mol. The van der Waals surface area contributed by atoms with E-state index in [1.54, 1.807) is 12.1 Å². The summed E-state index contributed by atoms with van der Waals surface area (Å²) in [5.74, 6) is 0.651. The quantitative estimate of drug-likeness (QED) is 0.215. The molecule has 0 radical (unpaired) electrons. The molecule has 2 N–H and O–H groups in total. The molecule has 2 aromatic rings. The molecule has 0 saturated carbocycles. The number of aliphatic hydroxyl groups excluding tert-OH is 2. The zero-order chi connectivity index (χ0) is 20.0. The maximum absolute atomic E-state index is 12.9. The Morgan fingerprint density at radius 2 is 1.61 bits per heavy atom. The Labute approximate surface area is 184 Å². The molecule has 0 aliphatic carbocycles. The van der Waals surface area contributed by atoms with Gasteiger partial charge in [-0.3, -0.25) is 9.28 Å². The minimum absolute atomic E-state index is 0. The van der Waals surface area contributed by atoms with E-state index in [4.69, 9.17) is 4.74 Å². The van der Waals surface area contributed by atoms with Crippen LogP contribution in [0, 0.1) is 13.8 Å². The fraction of sp³-hybridized carbons (Fsp3) is 0.409. The van der Waals surface area contributed by atoms with Crippen LogP contribution >= 0.6 is 0 Å². The van der Waals surface area contributed by atoms with Crippen molar-refractivity contribution in [2.45, 2.75) is 27.0 Å². The highest BCUT2D eigenvalue weighted by Gasteiger charge is 2.31. The molecule has 1 atom stereocenters. The molecular formula is C22H30INO4. The lowest BCUT2D eigenvalue weighted by Gasteiger charge is -2.39. The summed E-state index contributed by atoms with van der Waals surface area (Å²) in [6.45, 7) is 6.74. The minimum Gasteiger partial charge on any atom is -1.00 e. The van der Waals surface area contributed by atoms with Crippen molar-refractivity contribution < 1.29 is 48.2 Å². The second-order valence-electron chi connectivity index (χ2n) is 7.17. The Hall–Kier alpha value is -1.48. The number of nitrogens with zero attached hydrogens (tertiary/aromatic N) is 1. The van der Waals surface area contributed by atoms with E-state index in [1.165, 1.54) is 0 Å². The third kappa shape index (κ3) is 5.53. The van der Waals surface area contributed by atoms with Crippen LogP contribution in [0.5, 0.6) is 5.75 Å². The molecule has 0 aliphatic heterocycles. The van der Waals surface area contributed by atoms with Crippen molar-refractivity contribution in [3.8, 4) is 5.75 Å². The van der Waals surface area contributed by atoms with E-state index < -0.39 is 0 Å². The number of rotatable bonds is 9. The van der Waals surface area contributed by atoms with Gasteiger partial charge in [-0.25, -0.2) is 0 Å². The number of carbonyl (C=O) groups excluding carboxylic acids is 1. The number of halogens is 1. The van der Waals surface area contributed by atoms with Gasteiger partial charge in [0.1, 0.15) is 18.8 Å². The van der Waals surface area contributed by atoms with Crippen LogP contribution in [-0.2, 0) is 0 Å². The molecule has 1 unspecified atom stereocenters. The molecule has 0 spiro atoms. The number of benzene rings is 2. The number of hydrogen-bond donors (Lipinski definition) is 2. The van der Waals surface area contributed by atoms with Gasteiger partial charge in [0.2, 0.25) is 6.23 Å². The number of carbonyl (C=O) groups is 1. The van der Waals surface area contributed by atoms with Gasteiger partial charge in [-0.15, -0.1) is 0 Å². The second kappa shape index (κ2) is 10.9. The first-order chi connectivity index (χ1) is 12.8. The highest BCUT2D eigenvalue weighted by molar-refractivity contribution is 6.10. The van der Waals surface area contributed by atoms with Crippen molar-refractivity contribution in [1.29, 1.82) is 0 Å². The van der Waals surface area contributed by atoms with E-state index in [0.29, 0.717) is 34.4 Å². The molecule has 0 bridgehead atoms. The van der Waals surface area contributed by atoms with Crippen molar-refractivity contribution in [1.82, 2.24) is 0 Å². The Bertz CT molecular complexity index is 774. The van der Waals surface area contributed by atoms with Gasteiger partial charge in [-0.05, 0) is 19.4 Å². The van der Waals surface area contributed by atoms with Gasteiger partial charge in [0.25, 0.3) is 0 Å². The number of quaternary nitrogens is 1. The van der Waals surface area contributed by atoms with E-state index >= 15 is 0 Å². The van der Waals surface area contributed by atoms with Crippen LogP contribution in [0.15, 0.2) is 42.5 Å². The van der Waals surface area contributed by atoms with Crippen LogP contribution in [0.1, 0.15) is 34.0 Å². The topological polar surface area (TPSA) is 66.8 Å². The van der Waals surface area contributed by atoms with E-state index in [0.717, 1.165) is 11.1 Å². The van der Waals surface area contributed by atoms with Gasteiger partial charge in [0.15, 0.2) is 5.78 Å². The summed E-state index contributed by atoms with van der Waals surface area (Å²) < 4.78 is 6.65. The molecule has 5 nitrogen and oxygen atoms in total. The molecule has 6 heteroatoms. The van der Waals surface area contributed by atoms with Crippen molar-refractivity contribution in [2.75, 3.05) is 33.4 Å². The fourth-order valence-electron chi connectivity index (χ4n) is 3.23. The highest BCUT2D eigenvalue weighted by Crippen LogP contribution is 2.30. The predicted molar refractivity (Wildman–Crippen MR) is 106 cm³/mol. The van der Waals surface area contributed by atoms with E-state index in [2.05, 4.69) is 0 Å². The molecule has 0 aliphatic rings. The van der Waals surface area contributed by atoms with Crippen LogP contribution in [0.3, 0.4) is 0 Å². The lowest BCUT2D eigenvalue weighted by molar-refractivity contribution is -0.949. The summed E-state index contributed by atoms with van der Waals surface area (Å²) in [5, 5.41) is 18.8. The van der Waals surface area contributed by atoms with Gasteiger partial charge in [0, 0.05) is 23.6 Å². The third-order valence-corrected chi connectivity index (χ3v) is 5.27. The molecule has 2 rings (SSSR count). The third-order valence-electron chi connectivity index (χ3n) is 5.27. The van der Waals surface area contributed by atoms with Crippen molar-refractivity contribution >= 4 is 5.78 Å². The van der Waals surface area contributed by atoms with E-state index in [1.807, 2.05) is 58.2 Å². The summed E-state index contributed by atoms with van der Waals surface area (Å²) >= 11 is 0. The molecule has 2 aromatic carbocycles. The standard InChI is InChI=1S/C22H30NO4.HI/c1-16-10-11-20(21(26)19-8-6-5-7-9-19)17(2)22(16)27-18(3)23(4,12-14-24)13-15-25;/h5-11,18,24-25H,12-15H2,1-4H3;1H/q+1;/p-1. The molecule has 28 heavy (non-hydrogen) atoms. The summed E-state index contributed by atoms with van der Waals surface area (Å²) in [6, 6.07) is 12.9. The first kappa shape index (κ1) is 24.6. The predicted octanol–water partition coefficient (Wildman–Crippen LogP) is -0.306. The number of hydrogen-bond acceptors (Lipinski definition) is 4. The van der Waals surface area contributed by atoms with E-state index in [9.17, 15) is 15.0 Å². The van der Waals surface area contributed by atoms with Gasteiger partial charge in [-0.2, -0.15) is 0 Å². The lowest BCUT2D eigenvalue weighted by Crippen LogP contribution is -3.00. The number of likely N-dealkylation sites (N-methyl/N-ethyl adjacent to an activating group) is 1. The SMILES string of the molecule is Cc1ccc(C(=O)c2ccccc2)c(C)c1OC(C)[N+](C)(CCO)CCO.[I-]. The largest absolute Gasteiger partial charge is 1.00 e. The Morgan fingerprint density at radius 1 is 1.04 bits per heavy atom. The number of aryl methyl sites for hydroxylation is 1. The molecule has 0 aromatic heterocycles. The van der Waals surface area contributed by atoms with Crippen LogP contribution in [0.2, 0.25) is 0 Å². The van der Waals surface area contributed by atoms with Gasteiger partial charge in [0.05, 0.1) is 20.3 Å². The fourth-order valence-corrected chi connectivity index (χ4v) is 3.23. The minimum atomic E-state index is -0.288. The Kier molecular flexibility index (Phi) is 9.56. The number of aliphatic hydroxyl groups is 2. The highest BCUT2D eigenvalue weighted by atomic mass is 127. The van der Waals surface area contributed by atoms with Crippen LogP contribution in [-0.4, -0.2) is 60.1 Å². The summed E-state index contributed by atoms with van der Waals surface area (Å²) in [6.07, 6.45) is -0.288. The first-order valence-corrected chi connectivity index (χ1v) is 9.26. The number of ketones is 1. The zero-order valence-corrected chi connectivity index (χ0v) is 19.1. The first-order valence-electron chi connectivity index (χ1n) is 9.26. The lowest BCUT2D eigenvalue weighted by atomic mass is 9.96.